The van der Waals surface area contributed by atoms with Crippen LogP contribution in [0.2, 0.25) is 0 Å². The molecule has 2 fully saturated rings. The van der Waals surface area contributed by atoms with Gasteiger partial charge in [0.15, 0.2) is 5.82 Å². The maximum absolute atomic E-state index is 12.1. The molecule has 2 atom stereocenters. The van der Waals surface area contributed by atoms with Crippen LogP contribution in [0, 0.1) is 6.92 Å². The van der Waals surface area contributed by atoms with Crippen molar-refractivity contribution in [2.45, 2.75) is 69.9 Å². The molecular formula is C19H26N6O3. The Morgan fingerprint density at radius 1 is 1.32 bits per heavy atom. The van der Waals surface area contributed by atoms with Gasteiger partial charge < -0.3 is 20.5 Å². The van der Waals surface area contributed by atoms with Gasteiger partial charge in [-0.05, 0) is 46.0 Å². The monoisotopic (exact) mass is 386 g/mol. The summed E-state index contributed by atoms with van der Waals surface area (Å²) in [4.78, 5) is 24.2. The van der Waals surface area contributed by atoms with E-state index in [4.69, 9.17) is 4.52 Å². The number of nitrogens with one attached hydrogen (secondary N) is 4. The van der Waals surface area contributed by atoms with Crippen molar-refractivity contribution in [2.75, 3.05) is 5.32 Å². The number of rotatable bonds is 6. The molecule has 4 rings (SSSR count). The van der Waals surface area contributed by atoms with Gasteiger partial charge in [0.2, 0.25) is 5.91 Å². The minimum Gasteiger partial charge on any atom is -0.361 e. The molecule has 0 spiro atoms. The second-order valence-electron chi connectivity index (χ2n) is 8.23. The molecule has 150 valence electrons. The van der Waals surface area contributed by atoms with Crippen LogP contribution in [-0.4, -0.2) is 38.9 Å². The van der Waals surface area contributed by atoms with Gasteiger partial charge in [-0.2, -0.15) is 5.10 Å². The fourth-order valence-corrected chi connectivity index (χ4v) is 3.66. The van der Waals surface area contributed by atoms with Gasteiger partial charge >= 0.3 is 6.03 Å². The summed E-state index contributed by atoms with van der Waals surface area (Å²) in [6.07, 6.45) is 4.97. The minimum absolute atomic E-state index is 0.0109. The summed E-state index contributed by atoms with van der Waals surface area (Å²) in [7, 11) is 0. The highest BCUT2D eigenvalue weighted by Gasteiger charge is 2.39. The molecule has 0 radical (unpaired) electrons. The van der Waals surface area contributed by atoms with Gasteiger partial charge in [0.1, 0.15) is 5.76 Å². The largest absolute Gasteiger partial charge is 0.361 e. The number of H-pyrrole nitrogens is 1. The summed E-state index contributed by atoms with van der Waals surface area (Å²) in [6, 6.07) is 3.68. The second-order valence-corrected chi connectivity index (χ2v) is 8.23. The zero-order chi connectivity index (χ0) is 19.7. The minimum atomic E-state index is -0.203. The van der Waals surface area contributed by atoms with Gasteiger partial charge in [-0.3, -0.25) is 9.89 Å². The predicted molar refractivity (Wildman–Crippen MR) is 102 cm³/mol. The molecule has 28 heavy (non-hydrogen) atoms. The SMILES string of the molecule is Cc1cc(CC(=O)Nc2cc([C@@H]3CC[C@H](NC(=O)NC4(C)CC4)C3)[nH]n2)on1. The number of anilines is 1. The van der Waals surface area contributed by atoms with Gasteiger partial charge in [0.25, 0.3) is 0 Å². The average molecular weight is 386 g/mol. The van der Waals surface area contributed by atoms with Gasteiger partial charge in [-0.25, -0.2) is 4.79 Å². The van der Waals surface area contributed by atoms with Crippen LogP contribution in [0.25, 0.3) is 0 Å². The number of carbonyl (C=O) groups excluding carboxylic acids is 2. The lowest BCUT2D eigenvalue weighted by atomic mass is 10.0. The Morgan fingerprint density at radius 2 is 2.14 bits per heavy atom. The Labute approximate surface area is 163 Å². The first-order valence-corrected chi connectivity index (χ1v) is 9.75. The maximum atomic E-state index is 12.1. The molecule has 2 heterocycles. The molecule has 9 heteroatoms. The van der Waals surface area contributed by atoms with Crippen LogP contribution in [0.4, 0.5) is 10.6 Å². The van der Waals surface area contributed by atoms with E-state index in [9.17, 15) is 9.59 Å². The lowest BCUT2D eigenvalue weighted by molar-refractivity contribution is -0.115. The zero-order valence-electron chi connectivity index (χ0n) is 16.2. The first kappa shape index (κ1) is 18.5. The third-order valence-corrected chi connectivity index (χ3v) is 5.50. The van der Waals surface area contributed by atoms with Crippen molar-refractivity contribution >= 4 is 17.8 Å². The quantitative estimate of drug-likeness (QED) is 0.607. The van der Waals surface area contributed by atoms with Gasteiger partial charge in [0.05, 0.1) is 12.1 Å². The van der Waals surface area contributed by atoms with E-state index in [-0.39, 0.29) is 35.9 Å². The molecular weight excluding hydrogens is 360 g/mol. The highest BCUT2D eigenvalue weighted by Crippen LogP contribution is 2.36. The molecule has 2 aliphatic carbocycles. The Balaban J connectivity index is 1.26. The number of hydrogen-bond acceptors (Lipinski definition) is 5. The number of nitrogens with zero attached hydrogens (tertiary/aromatic N) is 2. The lowest BCUT2D eigenvalue weighted by Gasteiger charge is -2.17. The van der Waals surface area contributed by atoms with E-state index in [1.807, 2.05) is 13.0 Å². The van der Waals surface area contributed by atoms with Gasteiger partial charge in [-0.1, -0.05) is 5.16 Å². The highest BCUT2D eigenvalue weighted by molar-refractivity contribution is 5.91. The molecule has 0 saturated heterocycles. The first-order valence-electron chi connectivity index (χ1n) is 9.75. The molecule has 0 aliphatic heterocycles. The van der Waals surface area contributed by atoms with E-state index in [1.54, 1.807) is 6.07 Å². The number of amides is 3. The number of carbonyl (C=O) groups is 2. The smallest absolute Gasteiger partial charge is 0.315 e. The Hall–Kier alpha value is -2.84. The van der Waals surface area contributed by atoms with E-state index in [0.29, 0.717) is 11.6 Å². The molecule has 2 aromatic rings. The van der Waals surface area contributed by atoms with Crippen molar-refractivity contribution in [1.29, 1.82) is 0 Å². The summed E-state index contributed by atoms with van der Waals surface area (Å²) in [5.41, 5.74) is 1.71. The van der Waals surface area contributed by atoms with Crippen LogP contribution in [0.1, 0.15) is 62.1 Å². The summed E-state index contributed by atoms with van der Waals surface area (Å²) >= 11 is 0. The van der Waals surface area contributed by atoms with Gasteiger partial charge in [-0.15, -0.1) is 0 Å². The van der Waals surface area contributed by atoms with Crippen LogP contribution in [0.15, 0.2) is 16.7 Å². The fraction of sp³-hybridized carbons (Fsp3) is 0.579. The van der Waals surface area contributed by atoms with Crippen molar-refractivity contribution in [3.63, 3.8) is 0 Å². The Kier molecular flexibility index (Phi) is 4.82. The predicted octanol–water partition coefficient (Wildman–Crippen LogP) is 2.38. The summed E-state index contributed by atoms with van der Waals surface area (Å²) in [6.45, 7) is 3.87. The van der Waals surface area contributed by atoms with Crippen LogP contribution in [-0.2, 0) is 11.2 Å². The van der Waals surface area contributed by atoms with E-state index >= 15 is 0 Å². The number of aromatic nitrogens is 3. The second kappa shape index (κ2) is 7.29. The number of aryl methyl sites for hydroxylation is 1. The molecule has 9 nitrogen and oxygen atoms in total. The Bertz CT molecular complexity index is 869. The average Bonchev–Trinajstić information content (AvgIpc) is 3.05. The molecule has 4 N–H and O–H groups in total. The number of urea groups is 1. The first-order chi connectivity index (χ1) is 13.4. The van der Waals surface area contributed by atoms with E-state index in [2.05, 4.69) is 38.2 Å². The van der Waals surface area contributed by atoms with Crippen LogP contribution in [0.5, 0.6) is 0 Å². The van der Waals surface area contributed by atoms with Crippen LogP contribution >= 0.6 is 0 Å². The van der Waals surface area contributed by atoms with Gasteiger partial charge in [0, 0.05) is 35.3 Å². The topological polar surface area (TPSA) is 125 Å². The van der Waals surface area contributed by atoms with E-state index < -0.39 is 0 Å². The molecule has 3 amide bonds. The molecule has 2 saturated carbocycles. The number of hydrogen-bond donors (Lipinski definition) is 4. The van der Waals surface area contributed by atoms with Crippen molar-refractivity contribution < 1.29 is 14.1 Å². The zero-order valence-corrected chi connectivity index (χ0v) is 16.2. The fourth-order valence-electron chi connectivity index (χ4n) is 3.66. The standard InChI is InChI=1S/C19H26N6O3/c1-11-7-14(28-25-11)9-17(26)21-16-10-15(23-24-16)12-3-4-13(8-12)20-18(27)22-19(2)5-6-19/h7,10,12-13H,3-6,8-9H2,1-2H3,(H2,20,22,27)(H2,21,23,24,26)/t12-,13+/m1/s1. The third-order valence-electron chi connectivity index (χ3n) is 5.50. The normalized spacial score (nSPS) is 22.6. The molecule has 0 aromatic carbocycles. The summed E-state index contributed by atoms with van der Waals surface area (Å²) in [5.74, 6) is 1.10. The third kappa shape index (κ3) is 4.52. The molecule has 0 unspecified atom stereocenters. The van der Waals surface area contributed by atoms with E-state index in [1.165, 1.54) is 0 Å². The summed E-state index contributed by atoms with van der Waals surface area (Å²) in [5, 5.41) is 19.8. The Morgan fingerprint density at radius 3 is 2.86 bits per heavy atom. The number of aromatic amines is 1. The van der Waals surface area contributed by atoms with Crippen LogP contribution in [0.3, 0.4) is 0 Å². The maximum Gasteiger partial charge on any atom is 0.315 e. The van der Waals surface area contributed by atoms with Crippen LogP contribution < -0.4 is 16.0 Å². The molecule has 2 aliphatic rings. The molecule has 0 bridgehead atoms. The molecule has 2 aromatic heterocycles. The van der Waals surface area contributed by atoms with Crippen molar-refractivity contribution in [3.8, 4) is 0 Å². The van der Waals surface area contributed by atoms with Crippen molar-refractivity contribution in [2.24, 2.45) is 0 Å². The lowest BCUT2D eigenvalue weighted by Crippen LogP contribution is -2.45. The summed E-state index contributed by atoms with van der Waals surface area (Å²) < 4.78 is 5.06. The highest BCUT2D eigenvalue weighted by atomic mass is 16.5. The van der Waals surface area contributed by atoms with E-state index in [0.717, 1.165) is 43.5 Å². The van der Waals surface area contributed by atoms with Crippen molar-refractivity contribution in [1.82, 2.24) is 26.0 Å². The van der Waals surface area contributed by atoms with Crippen molar-refractivity contribution in [3.05, 3.63) is 29.3 Å².